The lowest BCUT2D eigenvalue weighted by atomic mass is 9.93. The van der Waals surface area contributed by atoms with Crippen LogP contribution in [0.5, 0.6) is 0 Å². The summed E-state index contributed by atoms with van der Waals surface area (Å²) >= 11 is 5.80. The van der Waals surface area contributed by atoms with Crippen LogP contribution in [0.1, 0.15) is 24.8 Å². The van der Waals surface area contributed by atoms with E-state index in [1.807, 2.05) is 24.3 Å². The molecule has 1 aromatic carbocycles. The second-order valence-corrected chi connectivity index (χ2v) is 4.97. The van der Waals surface area contributed by atoms with E-state index in [1.165, 1.54) is 0 Å². The summed E-state index contributed by atoms with van der Waals surface area (Å²) in [5.41, 5.74) is 6.32. The van der Waals surface area contributed by atoms with Gasteiger partial charge < -0.3 is 10.8 Å². The van der Waals surface area contributed by atoms with Crippen LogP contribution in [0.2, 0.25) is 5.02 Å². The molecule has 1 aromatic rings. The molecule has 0 amide bonds. The number of rotatable bonds is 2. The zero-order valence-electron chi connectivity index (χ0n) is 8.62. The second kappa shape index (κ2) is 4.12. The highest BCUT2D eigenvalue weighted by atomic mass is 35.5. The molecule has 3 heteroatoms. The highest BCUT2D eigenvalue weighted by molar-refractivity contribution is 6.30. The minimum atomic E-state index is -0.604. The van der Waals surface area contributed by atoms with Crippen molar-refractivity contribution in [3.63, 3.8) is 0 Å². The van der Waals surface area contributed by atoms with Crippen LogP contribution in [0.15, 0.2) is 24.3 Å². The van der Waals surface area contributed by atoms with Gasteiger partial charge in [0, 0.05) is 17.5 Å². The Morgan fingerprint density at radius 1 is 1.40 bits per heavy atom. The van der Waals surface area contributed by atoms with E-state index in [0.717, 1.165) is 23.4 Å². The summed E-state index contributed by atoms with van der Waals surface area (Å²) in [6.45, 7) is 0. The van der Waals surface area contributed by atoms with Crippen LogP contribution in [0.4, 0.5) is 0 Å². The molecule has 0 bridgehead atoms. The van der Waals surface area contributed by atoms with E-state index in [-0.39, 0.29) is 6.04 Å². The first-order valence-electron chi connectivity index (χ1n) is 5.30. The molecule has 3 N–H and O–H groups in total. The van der Waals surface area contributed by atoms with Gasteiger partial charge in [-0.15, -0.1) is 0 Å². The van der Waals surface area contributed by atoms with Crippen molar-refractivity contribution in [2.75, 3.05) is 0 Å². The van der Waals surface area contributed by atoms with Gasteiger partial charge in [-0.3, -0.25) is 0 Å². The lowest BCUT2D eigenvalue weighted by Crippen LogP contribution is -2.30. The van der Waals surface area contributed by atoms with Crippen LogP contribution < -0.4 is 5.73 Å². The lowest BCUT2D eigenvalue weighted by Gasteiger charge is -2.22. The van der Waals surface area contributed by atoms with Gasteiger partial charge in [0.2, 0.25) is 0 Å². The summed E-state index contributed by atoms with van der Waals surface area (Å²) < 4.78 is 0. The molecule has 2 rings (SSSR count). The Morgan fingerprint density at radius 2 is 2.07 bits per heavy atom. The van der Waals surface area contributed by atoms with Crippen molar-refractivity contribution in [3.05, 3.63) is 34.9 Å². The Bertz CT molecular complexity index is 338. The average Bonchev–Trinajstić information content (AvgIpc) is 2.50. The molecule has 1 aliphatic rings. The molecular weight excluding hydrogens is 210 g/mol. The fourth-order valence-corrected chi connectivity index (χ4v) is 2.42. The molecule has 1 fully saturated rings. The molecule has 0 saturated heterocycles. The number of hydrogen-bond donors (Lipinski definition) is 2. The molecule has 0 aromatic heterocycles. The summed E-state index contributed by atoms with van der Waals surface area (Å²) in [5.74, 6) is 0. The van der Waals surface area contributed by atoms with E-state index in [1.54, 1.807) is 0 Å². The van der Waals surface area contributed by atoms with Crippen molar-refractivity contribution in [2.45, 2.75) is 37.3 Å². The van der Waals surface area contributed by atoms with Gasteiger partial charge in [-0.1, -0.05) is 23.7 Å². The molecule has 0 aliphatic heterocycles. The van der Waals surface area contributed by atoms with Crippen LogP contribution in [-0.2, 0) is 6.42 Å². The number of halogens is 1. The van der Waals surface area contributed by atoms with Gasteiger partial charge in [-0.25, -0.2) is 0 Å². The van der Waals surface area contributed by atoms with Crippen molar-refractivity contribution in [1.82, 2.24) is 0 Å². The number of aliphatic hydroxyl groups is 1. The van der Waals surface area contributed by atoms with Gasteiger partial charge in [0.15, 0.2) is 0 Å². The summed E-state index contributed by atoms with van der Waals surface area (Å²) in [7, 11) is 0. The summed E-state index contributed by atoms with van der Waals surface area (Å²) in [4.78, 5) is 0. The average molecular weight is 226 g/mol. The lowest BCUT2D eigenvalue weighted by molar-refractivity contribution is 0.0469. The Hall–Kier alpha value is -0.570. The first kappa shape index (κ1) is 10.9. The minimum absolute atomic E-state index is 0.155. The highest BCUT2D eigenvalue weighted by Gasteiger charge is 2.35. The molecule has 0 radical (unpaired) electrons. The first-order chi connectivity index (χ1) is 7.07. The van der Waals surface area contributed by atoms with E-state index in [2.05, 4.69) is 0 Å². The summed E-state index contributed by atoms with van der Waals surface area (Å²) in [5, 5.41) is 11.0. The smallest absolute Gasteiger partial charge is 0.0703 e. The van der Waals surface area contributed by atoms with Crippen LogP contribution in [0.25, 0.3) is 0 Å². The maximum Gasteiger partial charge on any atom is 0.0703 e. The minimum Gasteiger partial charge on any atom is -0.389 e. The zero-order chi connectivity index (χ0) is 10.9. The molecule has 2 nitrogen and oxygen atoms in total. The van der Waals surface area contributed by atoms with Gasteiger partial charge in [0.1, 0.15) is 0 Å². The topological polar surface area (TPSA) is 46.2 Å². The van der Waals surface area contributed by atoms with E-state index in [4.69, 9.17) is 17.3 Å². The molecule has 0 heterocycles. The summed E-state index contributed by atoms with van der Waals surface area (Å²) in [6.07, 6.45) is 3.11. The van der Waals surface area contributed by atoms with Crippen LogP contribution in [0.3, 0.4) is 0 Å². The van der Waals surface area contributed by atoms with Crippen LogP contribution >= 0.6 is 11.6 Å². The van der Waals surface area contributed by atoms with Gasteiger partial charge in [-0.05, 0) is 37.0 Å². The fourth-order valence-electron chi connectivity index (χ4n) is 2.29. The van der Waals surface area contributed by atoms with E-state index < -0.39 is 5.60 Å². The first-order valence-corrected chi connectivity index (χ1v) is 5.68. The molecular formula is C12H16ClNO. The molecule has 2 atom stereocenters. The van der Waals surface area contributed by atoms with Gasteiger partial charge >= 0.3 is 0 Å². The zero-order valence-corrected chi connectivity index (χ0v) is 9.37. The molecule has 82 valence electrons. The monoisotopic (exact) mass is 225 g/mol. The third-order valence-corrected chi connectivity index (χ3v) is 3.32. The van der Waals surface area contributed by atoms with E-state index in [9.17, 15) is 5.11 Å². The van der Waals surface area contributed by atoms with Crippen LogP contribution in [0, 0.1) is 0 Å². The predicted molar refractivity (Wildman–Crippen MR) is 61.9 cm³/mol. The number of hydrogen-bond acceptors (Lipinski definition) is 2. The van der Waals surface area contributed by atoms with E-state index in [0.29, 0.717) is 12.8 Å². The molecule has 0 spiro atoms. The van der Waals surface area contributed by atoms with Crippen molar-refractivity contribution in [3.8, 4) is 0 Å². The fraction of sp³-hybridized carbons (Fsp3) is 0.500. The standard InChI is InChI=1S/C12H16ClNO/c13-10-3-1-9(2-4-10)7-12(15)6-5-11(14)8-12/h1-4,11,15H,5-8,14H2. The molecule has 1 aliphatic carbocycles. The van der Waals surface area contributed by atoms with Crippen molar-refractivity contribution in [2.24, 2.45) is 5.73 Å². The quantitative estimate of drug-likeness (QED) is 0.810. The van der Waals surface area contributed by atoms with E-state index >= 15 is 0 Å². The summed E-state index contributed by atoms with van der Waals surface area (Å²) in [6, 6.07) is 7.79. The predicted octanol–water partition coefficient (Wildman–Crippen LogP) is 2.12. The maximum absolute atomic E-state index is 10.3. The Balaban J connectivity index is 2.05. The van der Waals surface area contributed by atoms with Gasteiger partial charge in [-0.2, -0.15) is 0 Å². The SMILES string of the molecule is NC1CCC(O)(Cc2ccc(Cl)cc2)C1. The number of benzene rings is 1. The van der Waals surface area contributed by atoms with Gasteiger partial charge in [0.25, 0.3) is 0 Å². The number of nitrogens with two attached hydrogens (primary N) is 1. The van der Waals surface area contributed by atoms with Gasteiger partial charge in [0.05, 0.1) is 5.60 Å². The molecule has 2 unspecified atom stereocenters. The normalized spacial score (nSPS) is 30.7. The maximum atomic E-state index is 10.3. The second-order valence-electron chi connectivity index (χ2n) is 4.53. The van der Waals surface area contributed by atoms with Crippen molar-refractivity contribution in [1.29, 1.82) is 0 Å². The third-order valence-electron chi connectivity index (χ3n) is 3.07. The van der Waals surface area contributed by atoms with Crippen LogP contribution in [-0.4, -0.2) is 16.7 Å². The Labute approximate surface area is 95.1 Å². The molecule has 1 saturated carbocycles. The Kier molecular flexibility index (Phi) is 3.01. The van der Waals surface area contributed by atoms with Crippen molar-refractivity contribution >= 4 is 11.6 Å². The van der Waals surface area contributed by atoms with Crippen molar-refractivity contribution < 1.29 is 5.11 Å². The third kappa shape index (κ3) is 2.71. The highest BCUT2D eigenvalue weighted by Crippen LogP contribution is 2.32. The largest absolute Gasteiger partial charge is 0.389 e. The molecule has 15 heavy (non-hydrogen) atoms. The Morgan fingerprint density at radius 3 is 2.60 bits per heavy atom.